The van der Waals surface area contributed by atoms with Crippen LogP contribution in [0.4, 0.5) is 0 Å². The van der Waals surface area contributed by atoms with Gasteiger partial charge in [0.25, 0.3) is 0 Å². The lowest BCUT2D eigenvalue weighted by molar-refractivity contribution is 0.0596. The molecule has 1 aromatic rings. The molecule has 1 aliphatic heterocycles. The molecule has 0 saturated carbocycles. The number of hydrogen-bond donors (Lipinski definition) is 1. The maximum atomic E-state index is 12.8. The molecular formula is C14H20N2O4S. The number of sulfonamides is 1. The molecule has 0 aliphatic carbocycles. The van der Waals surface area contributed by atoms with Crippen molar-refractivity contribution in [3.05, 3.63) is 29.3 Å². The minimum absolute atomic E-state index is 0.0136. The Morgan fingerprint density at radius 2 is 2.19 bits per heavy atom. The van der Waals surface area contributed by atoms with Crippen molar-refractivity contribution >= 4 is 16.0 Å². The van der Waals surface area contributed by atoms with Gasteiger partial charge in [-0.25, -0.2) is 13.2 Å². The summed E-state index contributed by atoms with van der Waals surface area (Å²) in [6, 6.07) is 4.46. The van der Waals surface area contributed by atoms with E-state index in [1.807, 2.05) is 0 Å². The van der Waals surface area contributed by atoms with Gasteiger partial charge in [-0.2, -0.15) is 4.31 Å². The van der Waals surface area contributed by atoms with E-state index < -0.39 is 16.0 Å². The van der Waals surface area contributed by atoms with E-state index in [1.54, 1.807) is 13.0 Å². The summed E-state index contributed by atoms with van der Waals surface area (Å²) in [5.74, 6) is -0.652. The SMILES string of the molecule is COC(=O)c1cc(C)ccc1S(=O)(=O)N1CCCC1CN. The second kappa shape index (κ2) is 6.13. The highest BCUT2D eigenvalue weighted by molar-refractivity contribution is 7.89. The second-order valence-corrected chi connectivity index (χ2v) is 7.00. The Labute approximate surface area is 124 Å². The van der Waals surface area contributed by atoms with Crippen molar-refractivity contribution in [3.63, 3.8) is 0 Å². The van der Waals surface area contributed by atoms with Crippen LogP contribution in [0.2, 0.25) is 0 Å². The number of carbonyl (C=O) groups excluding carboxylic acids is 1. The van der Waals surface area contributed by atoms with Crippen LogP contribution in [0.15, 0.2) is 23.1 Å². The number of benzene rings is 1. The van der Waals surface area contributed by atoms with Crippen molar-refractivity contribution in [2.75, 3.05) is 20.2 Å². The van der Waals surface area contributed by atoms with Crippen molar-refractivity contribution in [2.24, 2.45) is 5.73 Å². The van der Waals surface area contributed by atoms with E-state index in [1.165, 1.54) is 23.5 Å². The molecule has 1 fully saturated rings. The summed E-state index contributed by atoms with van der Waals surface area (Å²) in [7, 11) is -2.51. The van der Waals surface area contributed by atoms with E-state index in [0.29, 0.717) is 6.54 Å². The third-order valence-electron chi connectivity index (χ3n) is 3.72. The van der Waals surface area contributed by atoms with Crippen molar-refractivity contribution in [1.82, 2.24) is 4.31 Å². The fourth-order valence-corrected chi connectivity index (χ4v) is 4.49. The predicted octanol–water partition coefficient (Wildman–Crippen LogP) is 0.893. The molecule has 0 aromatic heterocycles. The molecule has 0 spiro atoms. The van der Waals surface area contributed by atoms with Gasteiger partial charge in [0.2, 0.25) is 10.0 Å². The average molecular weight is 312 g/mol. The second-order valence-electron chi connectivity index (χ2n) is 5.14. The Morgan fingerprint density at radius 3 is 2.81 bits per heavy atom. The molecule has 1 aliphatic rings. The first kappa shape index (κ1) is 15.9. The van der Waals surface area contributed by atoms with Crippen LogP contribution in [-0.4, -0.2) is 44.9 Å². The number of rotatable bonds is 4. The van der Waals surface area contributed by atoms with Gasteiger partial charge in [0.1, 0.15) is 0 Å². The van der Waals surface area contributed by atoms with Crippen molar-refractivity contribution in [1.29, 1.82) is 0 Å². The lowest BCUT2D eigenvalue weighted by Crippen LogP contribution is -2.40. The first-order valence-electron chi connectivity index (χ1n) is 6.82. The average Bonchev–Trinajstić information content (AvgIpc) is 2.95. The van der Waals surface area contributed by atoms with Gasteiger partial charge >= 0.3 is 5.97 Å². The molecule has 0 radical (unpaired) electrons. The van der Waals surface area contributed by atoms with Gasteiger partial charge < -0.3 is 10.5 Å². The number of hydrogen-bond acceptors (Lipinski definition) is 5. The number of ether oxygens (including phenoxy) is 1. The standard InChI is InChI=1S/C14H20N2O4S/c1-10-5-6-13(12(8-10)14(17)20-2)21(18,19)16-7-3-4-11(16)9-15/h5-6,8,11H,3-4,7,9,15H2,1-2H3. The maximum Gasteiger partial charge on any atom is 0.339 e. The Bertz CT molecular complexity index is 642. The topological polar surface area (TPSA) is 89.7 Å². The van der Waals surface area contributed by atoms with Gasteiger partial charge in [-0.15, -0.1) is 0 Å². The number of methoxy groups -OCH3 is 1. The molecule has 6 nitrogen and oxygen atoms in total. The maximum absolute atomic E-state index is 12.8. The largest absolute Gasteiger partial charge is 0.465 e. The number of aryl methyl sites for hydroxylation is 1. The molecule has 1 aromatic carbocycles. The van der Waals surface area contributed by atoms with E-state index in [-0.39, 0.29) is 23.0 Å². The van der Waals surface area contributed by atoms with Gasteiger partial charge in [-0.3, -0.25) is 0 Å². The number of nitrogens with two attached hydrogens (primary N) is 1. The molecule has 2 N–H and O–H groups in total. The van der Waals surface area contributed by atoms with E-state index >= 15 is 0 Å². The Hall–Kier alpha value is -1.44. The summed E-state index contributed by atoms with van der Waals surface area (Å²) in [6.07, 6.45) is 1.52. The minimum atomic E-state index is -3.75. The fourth-order valence-electron chi connectivity index (χ4n) is 2.63. The molecule has 1 saturated heterocycles. The molecule has 1 atom stereocenters. The molecule has 7 heteroatoms. The van der Waals surface area contributed by atoms with Crippen LogP contribution < -0.4 is 5.73 Å². The third-order valence-corrected chi connectivity index (χ3v) is 5.73. The zero-order chi connectivity index (χ0) is 15.6. The minimum Gasteiger partial charge on any atom is -0.465 e. The first-order chi connectivity index (χ1) is 9.91. The molecule has 21 heavy (non-hydrogen) atoms. The molecule has 1 heterocycles. The first-order valence-corrected chi connectivity index (χ1v) is 8.26. The molecule has 1 unspecified atom stereocenters. The number of esters is 1. The van der Waals surface area contributed by atoms with Crippen LogP contribution >= 0.6 is 0 Å². The van der Waals surface area contributed by atoms with Crippen LogP contribution in [0.5, 0.6) is 0 Å². The lowest BCUT2D eigenvalue weighted by atomic mass is 10.1. The highest BCUT2D eigenvalue weighted by Gasteiger charge is 2.36. The van der Waals surface area contributed by atoms with Gasteiger partial charge in [0, 0.05) is 19.1 Å². The van der Waals surface area contributed by atoms with Crippen LogP contribution in [0, 0.1) is 6.92 Å². The molecule has 0 bridgehead atoms. The summed E-state index contributed by atoms with van der Waals surface area (Å²) in [5.41, 5.74) is 6.52. The predicted molar refractivity (Wildman–Crippen MR) is 78.5 cm³/mol. The Kier molecular flexibility index (Phi) is 4.65. The third kappa shape index (κ3) is 2.95. The summed E-state index contributed by atoms with van der Waals surface area (Å²) in [5, 5.41) is 0. The van der Waals surface area contributed by atoms with E-state index in [0.717, 1.165) is 18.4 Å². The summed E-state index contributed by atoms with van der Waals surface area (Å²) >= 11 is 0. The zero-order valence-electron chi connectivity index (χ0n) is 12.2. The van der Waals surface area contributed by atoms with Gasteiger partial charge in [0.15, 0.2) is 0 Å². The van der Waals surface area contributed by atoms with Gasteiger partial charge in [-0.1, -0.05) is 11.6 Å². The summed E-state index contributed by atoms with van der Waals surface area (Å²) in [4.78, 5) is 11.9. The lowest BCUT2D eigenvalue weighted by Gasteiger charge is -2.23. The van der Waals surface area contributed by atoms with Crippen molar-refractivity contribution in [3.8, 4) is 0 Å². The number of nitrogens with zero attached hydrogens (tertiary/aromatic N) is 1. The van der Waals surface area contributed by atoms with Gasteiger partial charge in [0.05, 0.1) is 17.6 Å². The smallest absolute Gasteiger partial charge is 0.339 e. The van der Waals surface area contributed by atoms with Crippen LogP contribution in [-0.2, 0) is 14.8 Å². The van der Waals surface area contributed by atoms with Crippen LogP contribution in [0.3, 0.4) is 0 Å². The van der Waals surface area contributed by atoms with Crippen LogP contribution in [0.1, 0.15) is 28.8 Å². The quantitative estimate of drug-likeness (QED) is 0.834. The number of carbonyl (C=O) groups is 1. The van der Waals surface area contributed by atoms with Crippen molar-refractivity contribution < 1.29 is 17.9 Å². The van der Waals surface area contributed by atoms with E-state index in [4.69, 9.17) is 10.5 Å². The molecule has 116 valence electrons. The van der Waals surface area contributed by atoms with Gasteiger partial charge in [-0.05, 0) is 31.9 Å². The molecule has 2 rings (SSSR count). The summed E-state index contributed by atoms with van der Waals surface area (Å²) in [6.45, 7) is 2.50. The highest BCUT2D eigenvalue weighted by atomic mass is 32.2. The highest BCUT2D eigenvalue weighted by Crippen LogP contribution is 2.28. The van der Waals surface area contributed by atoms with Crippen molar-refractivity contribution in [2.45, 2.75) is 30.7 Å². The monoisotopic (exact) mass is 312 g/mol. The fraction of sp³-hybridized carbons (Fsp3) is 0.500. The molecular weight excluding hydrogens is 292 g/mol. The van der Waals surface area contributed by atoms with E-state index in [9.17, 15) is 13.2 Å². The molecule has 0 amide bonds. The summed E-state index contributed by atoms with van der Waals surface area (Å²) < 4.78 is 31.7. The zero-order valence-corrected chi connectivity index (χ0v) is 13.0. The van der Waals surface area contributed by atoms with Crippen LogP contribution in [0.25, 0.3) is 0 Å². The Morgan fingerprint density at radius 1 is 1.48 bits per heavy atom. The Balaban J connectivity index is 2.52. The van der Waals surface area contributed by atoms with E-state index in [2.05, 4.69) is 0 Å². The normalized spacial score (nSPS) is 19.7.